The van der Waals surface area contributed by atoms with Crippen molar-refractivity contribution in [3.8, 4) is 11.5 Å². The molecule has 13 nitrogen and oxygen atoms in total. The fraction of sp³-hybridized carbons (Fsp3) is 0.0678. The Morgan fingerprint density at radius 1 is 0.397 bits per heavy atom. The quantitative estimate of drug-likeness (QED) is 0.0508. The van der Waals surface area contributed by atoms with E-state index in [0.29, 0.717) is 28.6 Å². The molecule has 0 fully saturated rings. The average molecular weight is 983 g/mol. The van der Waals surface area contributed by atoms with E-state index in [0.717, 1.165) is 62.2 Å². The Hall–Kier alpha value is -9.46. The van der Waals surface area contributed by atoms with Gasteiger partial charge in [0.2, 0.25) is 5.96 Å². The number of hydrogen-bond acceptors (Lipinski definition) is 4. The number of rotatable bonds is 9. The summed E-state index contributed by atoms with van der Waals surface area (Å²) in [6.07, 6.45) is 0. The number of aromatic amines is 4. The number of fused-ring (bicyclic) bond motifs is 8. The van der Waals surface area contributed by atoms with Crippen LogP contribution < -0.4 is 32.6 Å². The average Bonchev–Trinajstić information content (AvgIpc) is 4.25. The highest BCUT2D eigenvalue weighted by molar-refractivity contribution is 6.02. The molecule has 0 spiro atoms. The number of ether oxygens (including phenoxy) is 1. The molecular formula is C59H52ClN11O2. The van der Waals surface area contributed by atoms with Crippen LogP contribution in [-0.4, -0.2) is 37.9 Å². The SMILES string of the molecule is Cl.NC(N)=Nc1ccc(Oc2ccc(N=C(N)NC(=O)Nc3ccc(C4c5ccc([nH]5)C(c5ccccc5)c5ccc([nH]5)C(c5ccccc5)c5ccc([nH]5)C(c5ccccc5)c5ccc4[nH]5)cc3)cc2)cc1. The molecule has 1 aliphatic rings. The standard InChI is InChI=1S/C59H51N11O2.ClH/c60-57(61)63-40-20-24-43(25-21-40)72-44-26-22-41(23-27-44)64-58(62)70-59(71)65-42-18-16-39(17-19-42)56-51-34-32-49(68-51)54(37-12-6-2-7-13-37)47-30-28-45(66-47)53(36-10-4-1-5-11-36)46-29-31-48(67-46)55(38-14-8-3-9-15-38)50-33-35-52(56)69-50;/h1-35,53-56,66-69H,(H4,60,61,63)(H4,62,64,65,70,71);1H. The molecule has 73 heavy (non-hydrogen) atoms. The molecular weight excluding hydrogens is 930 g/mol. The predicted octanol–water partition coefficient (Wildman–Crippen LogP) is 11.9. The molecule has 2 atom stereocenters. The van der Waals surface area contributed by atoms with Gasteiger partial charge in [-0.05, 0) is 131 Å². The molecule has 2 unspecified atom stereocenters. The summed E-state index contributed by atoms with van der Waals surface area (Å²) in [6.45, 7) is 0. The Kier molecular flexibility index (Phi) is 13.5. The minimum absolute atomic E-state index is 0. The monoisotopic (exact) mass is 981 g/mol. The minimum Gasteiger partial charge on any atom is -0.457 e. The lowest BCUT2D eigenvalue weighted by Gasteiger charge is -2.21. The highest BCUT2D eigenvalue weighted by Crippen LogP contribution is 2.41. The first-order valence-corrected chi connectivity index (χ1v) is 23.7. The van der Waals surface area contributed by atoms with Crippen molar-refractivity contribution < 1.29 is 9.53 Å². The number of amides is 2. The van der Waals surface area contributed by atoms with Gasteiger partial charge in [-0.1, -0.05) is 103 Å². The zero-order valence-electron chi connectivity index (χ0n) is 39.4. The number of urea groups is 1. The number of aliphatic imine (C=N–C) groups is 2. The van der Waals surface area contributed by atoms with Crippen LogP contribution in [0, 0.1) is 0 Å². The van der Waals surface area contributed by atoms with E-state index in [1.54, 1.807) is 48.5 Å². The molecule has 1 aliphatic heterocycles. The molecule has 362 valence electrons. The molecule has 6 aromatic carbocycles. The minimum atomic E-state index is -0.533. The van der Waals surface area contributed by atoms with E-state index < -0.39 is 6.03 Å². The summed E-state index contributed by atoms with van der Waals surface area (Å²) in [7, 11) is 0. The van der Waals surface area contributed by atoms with Crippen LogP contribution in [0.4, 0.5) is 21.9 Å². The molecule has 11 rings (SSSR count). The van der Waals surface area contributed by atoms with Crippen molar-refractivity contribution in [1.82, 2.24) is 25.3 Å². The third-order valence-corrected chi connectivity index (χ3v) is 13.0. The lowest BCUT2D eigenvalue weighted by atomic mass is 9.92. The van der Waals surface area contributed by atoms with E-state index in [4.69, 9.17) is 21.9 Å². The van der Waals surface area contributed by atoms with Gasteiger partial charge in [-0.15, -0.1) is 12.4 Å². The number of H-pyrrole nitrogens is 4. The maximum atomic E-state index is 13.3. The van der Waals surface area contributed by atoms with Gasteiger partial charge in [-0.2, -0.15) is 0 Å². The van der Waals surface area contributed by atoms with Crippen molar-refractivity contribution in [3.63, 3.8) is 0 Å². The highest BCUT2D eigenvalue weighted by Gasteiger charge is 2.30. The number of nitrogens with zero attached hydrogens (tertiary/aromatic N) is 2. The van der Waals surface area contributed by atoms with E-state index in [2.05, 4.69) is 180 Å². The number of halogens is 1. The second-order valence-corrected chi connectivity index (χ2v) is 17.8. The molecule has 0 aliphatic carbocycles. The molecule has 4 aromatic heterocycles. The van der Waals surface area contributed by atoms with Crippen LogP contribution in [0.2, 0.25) is 0 Å². The lowest BCUT2D eigenvalue weighted by molar-refractivity contribution is 0.256. The number of benzene rings is 6. The van der Waals surface area contributed by atoms with Gasteiger partial charge in [-0.3, -0.25) is 5.32 Å². The number of hydrogen-bond donors (Lipinski definition) is 9. The maximum absolute atomic E-state index is 13.3. The van der Waals surface area contributed by atoms with Gasteiger partial charge in [0.1, 0.15) is 11.5 Å². The van der Waals surface area contributed by atoms with Crippen molar-refractivity contribution >= 4 is 47.4 Å². The number of guanidine groups is 2. The van der Waals surface area contributed by atoms with Gasteiger partial charge < -0.3 is 47.2 Å². The van der Waals surface area contributed by atoms with Gasteiger partial charge >= 0.3 is 6.03 Å². The summed E-state index contributed by atoms with van der Waals surface area (Å²) in [5.41, 5.74) is 31.9. The van der Waals surface area contributed by atoms with Crippen molar-refractivity contribution in [2.75, 3.05) is 5.32 Å². The van der Waals surface area contributed by atoms with Crippen LogP contribution in [0.5, 0.6) is 11.5 Å². The van der Waals surface area contributed by atoms with Crippen LogP contribution in [-0.2, 0) is 0 Å². The summed E-state index contributed by atoms with van der Waals surface area (Å²) < 4.78 is 5.93. The highest BCUT2D eigenvalue weighted by atomic mass is 35.5. The number of carbonyl (C=O) groups is 1. The van der Waals surface area contributed by atoms with Gasteiger partial charge in [0.15, 0.2) is 5.96 Å². The zero-order valence-corrected chi connectivity index (χ0v) is 40.2. The van der Waals surface area contributed by atoms with Crippen LogP contribution in [0.25, 0.3) is 0 Å². The van der Waals surface area contributed by atoms with Gasteiger partial charge in [0.25, 0.3) is 0 Å². The molecule has 8 bridgehead atoms. The summed E-state index contributed by atoms with van der Waals surface area (Å²) in [5.74, 6) is 0.586. The first-order chi connectivity index (χ1) is 35.3. The molecule has 0 radical (unpaired) electrons. The molecule has 5 heterocycles. The zero-order chi connectivity index (χ0) is 49.0. The second kappa shape index (κ2) is 20.9. The number of anilines is 1. The Labute approximate surface area is 428 Å². The van der Waals surface area contributed by atoms with Crippen molar-refractivity contribution in [3.05, 3.63) is 280 Å². The van der Waals surface area contributed by atoms with Crippen molar-refractivity contribution in [1.29, 1.82) is 0 Å². The first-order valence-electron chi connectivity index (χ1n) is 23.7. The largest absolute Gasteiger partial charge is 0.457 e. The number of carbonyl (C=O) groups excluding carboxylic acids is 1. The first kappa shape index (κ1) is 47.2. The van der Waals surface area contributed by atoms with E-state index in [9.17, 15) is 4.79 Å². The second-order valence-electron chi connectivity index (χ2n) is 17.8. The fourth-order valence-corrected chi connectivity index (χ4v) is 9.78. The summed E-state index contributed by atoms with van der Waals surface area (Å²) in [6, 6.07) is 70.9. The number of nitrogens with two attached hydrogens (primary N) is 3. The molecule has 2 amide bonds. The molecule has 0 saturated heterocycles. The van der Waals surface area contributed by atoms with Crippen LogP contribution in [0.3, 0.4) is 0 Å². The fourth-order valence-electron chi connectivity index (χ4n) is 9.78. The van der Waals surface area contributed by atoms with E-state index >= 15 is 0 Å². The Morgan fingerprint density at radius 2 is 0.712 bits per heavy atom. The number of aromatic nitrogens is 4. The topological polar surface area (TPSA) is 216 Å². The lowest BCUT2D eigenvalue weighted by Crippen LogP contribution is -2.39. The summed E-state index contributed by atoms with van der Waals surface area (Å²) >= 11 is 0. The number of nitrogens with one attached hydrogen (secondary N) is 6. The van der Waals surface area contributed by atoms with E-state index in [-0.39, 0.29) is 48.0 Å². The molecule has 0 saturated carbocycles. The normalized spacial score (nSPS) is 16.1. The molecule has 12 N–H and O–H groups in total. The van der Waals surface area contributed by atoms with Gasteiger partial charge in [0, 0.05) is 51.2 Å². The summed E-state index contributed by atoms with van der Waals surface area (Å²) in [4.78, 5) is 37.3. The van der Waals surface area contributed by atoms with Crippen LogP contribution in [0.15, 0.2) is 222 Å². The van der Waals surface area contributed by atoms with Gasteiger partial charge in [-0.25, -0.2) is 14.8 Å². The van der Waals surface area contributed by atoms with Crippen LogP contribution >= 0.6 is 12.4 Å². The Bertz CT molecular complexity index is 3380. The molecule has 14 heteroatoms. The predicted molar refractivity (Wildman–Crippen MR) is 292 cm³/mol. The maximum Gasteiger partial charge on any atom is 0.325 e. The van der Waals surface area contributed by atoms with Crippen molar-refractivity contribution in [2.24, 2.45) is 27.2 Å². The van der Waals surface area contributed by atoms with Crippen LogP contribution in [0.1, 0.15) is 91.5 Å². The van der Waals surface area contributed by atoms with Gasteiger partial charge in [0.05, 0.1) is 35.0 Å². The summed E-state index contributed by atoms with van der Waals surface area (Å²) in [5, 5.41) is 5.54. The Balaban J connectivity index is 0.00000611. The Morgan fingerprint density at radius 3 is 1.04 bits per heavy atom. The molecule has 10 aromatic rings. The van der Waals surface area contributed by atoms with Crippen molar-refractivity contribution in [2.45, 2.75) is 23.7 Å². The third kappa shape index (κ3) is 10.4. The third-order valence-electron chi connectivity index (χ3n) is 13.0. The van der Waals surface area contributed by atoms with E-state index in [1.165, 1.54) is 5.56 Å². The van der Waals surface area contributed by atoms with E-state index in [1.807, 2.05) is 24.3 Å². The smallest absolute Gasteiger partial charge is 0.325 e.